The lowest BCUT2D eigenvalue weighted by Crippen LogP contribution is -2.22. The van der Waals surface area contributed by atoms with E-state index in [4.69, 9.17) is 14.2 Å². The number of fused-ring (bicyclic) bond motifs is 1. The molecule has 10 nitrogen and oxygen atoms in total. The number of ether oxygens (including phenoxy) is 5. The van der Waals surface area contributed by atoms with Gasteiger partial charge in [0.25, 0.3) is 5.91 Å². The quantitative estimate of drug-likeness (QED) is 0.503. The first kappa shape index (κ1) is 22.6. The van der Waals surface area contributed by atoms with Crippen LogP contribution in [-0.4, -0.2) is 57.9 Å². The van der Waals surface area contributed by atoms with Crippen molar-refractivity contribution in [1.29, 1.82) is 0 Å². The molecule has 2 aromatic rings. The van der Waals surface area contributed by atoms with E-state index in [-0.39, 0.29) is 23.2 Å². The van der Waals surface area contributed by atoms with Crippen LogP contribution in [0.25, 0.3) is 0 Å². The maximum absolute atomic E-state index is 12.2. The van der Waals surface area contributed by atoms with Gasteiger partial charge in [0.2, 0.25) is 0 Å². The highest BCUT2D eigenvalue weighted by atomic mass is 16.6. The molecule has 0 saturated heterocycles. The maximum atomic E-state index is 12.2. The summed E-state index contributed by atoms with van der Waals surface area (Å²) in [5.74, 6) is -1.51. The van der Waals surface area contributed by atoms with Crippen LogP contribution in [0.1, 0.15) is 26.3 Å². The number of methoxy groups -OCH3 is 2. The average molecular weight is 443 g/mol. The Kier molecular flexibility index (Phi) is 7.27. The molecule has 0 radical (unpaired) electrons. The highest BCUT2D eigenvalue weighted by Crippen LogP contribution is 2.30. The third kappa shape index (κ3) is 5.75. The van der Waals surface area contributed by atoms with Gasteiger partial charge >= 0.3 is 17.9 Å². The van der Waals surface area contributed by atoms with E-state index in [1.807, 2.05) is 0 Å². The molecule has 1 heterocycles. The number of rotatable bonds is 7. The summed E-state index contributed by atoms with van der Waals surface area (Å²) in [4.78, 5) is 47.9. The molecule has 1 aliphatic heterocycles. The Morgan fingerprint density at radius 2 is 1.50 bits per heavy atom. The first-order valence-corrected chi connectivity index (χ1v) is 9.55. The fourth-order valence-electron chi connectivity index (χ4n) is 2.93. The standard InChI is InChI=1S/C22H21NO9/c1-28-21(26)14-9-15(22(27)29-2)11-16(10-14)23-19(24)12-32-20(25)8-13-3-4-17-18(7-13)31-6-5-30-17/h3-4,7,9-11H,5-6,8,12H2,1-2H3,(H,23,24). The van der Waals surface area contributed by atoms with E-state index < -0.39 is 30.4 Å². The van der Waals surface area contributed by atoms with Crippen LogP contribution < -0.4 is 14.8 Å². The number of carbonyl (C=O) groups is 4. The van der Waals surface area contributed by atoms with Crippen LogP contribution in [0.4, 0.5) is 5.69 Å². The monoisotopic (exact) mass is 443 g/mol. The molecule has 2 aromatic carbocycles. The summed E-state index contributed by atoms with van der Waals surface area (Å²) in [6.07, 6.45) is -0.0613. The second-order valence-corrected chi connectivity index (χ2v) is 6.65. The van der Waals surface area contributed by atoms with Crippen molar-refractivity contribution in [3.8, 4) is 11.5 Å². The van der Waals surface area contributed by atoms with Gasteiger partial charge in [-0.1, -0.05) is 6.07 Å². The number of amides is 1. The second kappa shape index (κ2) is 10.3. The zero-order valence-electron chi connectivity index (χ0n) is 17.5. The fraction of sp³-hybridized carbons (Fsp3) is 0.273. The zero-order chi connectivity index (χ0) is 23.1. The van der Waals surface area contributed by atoms with Gasteiger partial charge in [0.05, 0.1) is 31.8 Å². The van der Waals surface area contributed by atoms with Gasteiger partial charge in [-0.05, 0) is 35.9 Å². The number of hydrogen-bond donors (Lipinski definition) is 1. The van der Waals surface area contributed by atoms with Gasteiger partial charge in [-0.3, -0.25) is 9.59 Å². The van der Waals surface area contributed by atoms with Crippen molar-refractivity contribution in [3.63, 3.8) is 0 Å². The molecular weight excluding hydrogens is 422 g/mol. The Bertz CT molecular complexity index is 1010. The van der Waals surface area contributed by atoms with Gasteiger partial charge in [0.1, 0.15) is 13.2 Å². The molecule has 1 N–H and O–H groups in total. The first-order chi connectivity index (χ1) is 15.4. The Morgan fingerprint density at radius 3 is 2.12 bits per heavy atom. The lowest BCUT2D eigenvalue weighted by molar-refractivity contribution is -0.146. The molecule has 0 spiro atoms. The third-order valence-corrected chi connectivity index (χ3v) is 4.38. The zero-order valence-corrected chi connectivity index (χ0v) is 17.5. The van der Waals surface area contributed by atoms with Crippen molar-refractivity contribution in [2.45, 2.75) is 6.42 Å². The number of benzene rings is 2. The van der Waals surface area contributed by atoms with Gasteiger partial charge in [0.15, 0.2) is 18.1 Å². The van der Waals surface area contributed by atoms with E-state index in [9.17, 15) is 19.2 Å². The summed E-state index contributed by atoms with van der Waals surface area (Å²) >= 11 is 0. The fourth-order valence-corrected chi connectivity index (χ4v) is 2.93. The van der Waals surface area contributed by atoms with Crippen LogP contribution in [0, 0.1) is 0 Å². The summed E-state index contributed by atoms with van der Waals surface area (Å²) in [7, 11) is 2.37. The summed E-state index contributed by atoms with van der Waals surface area (Å²) in [6.45, 7) is 0.336. The normalized spacial score (nSPS) is 11.8. The Morgan fingerprint density at radius 1 is 0.875 bits per heavy atom. The molecule has 0 fully saturated rings. The first-order valence-electron chi connectivity index (χ1n) is 9.55. The van der Waals surface area contributed by atoms with E-state index in [0.717, 1.165) is 0 Å². The highest BCUT2D eigenvalue weighted by Gasteiger charge is 2.17. The second-order valence-electron chi connectivity index (χ2n) is 6.65. The van der Waals surface area contributed by atoms with Crippen molar-refractivity contribution >= 4 is 29.5 Å². The van der Waals surface area contributed by atoms with Crippen LogP contribution in [0.5, 0.6) is 11.5 Å². The van der Waals surface area contributed by atoms with Crippen LogP contribution in [0.2, 0.25) is 0 Å². The van der Waals surface area contributed by atoms with Crippen molar-refractivity contribution in [2.24, 2.45) is 0 Å². The maximum Gasteiger partial charge on any atom is 0.337 e. The largest absolute Gasteiger partial charge is 0.486 e. The van der Waals surface area contributed by atoms with Crippen molar-refractivity contribution < 1.29 is 42.9 Å². The summed E-state index contributed by atoms with van der Waals surface area (Å²) < 4.78 is 25.2. The minimum absolute atomic E-state index is 0.0429. The van der Waals surface area contributed by atoms with Gasteiger partial charge in [-0.15, -0.1) is 0 Å². The molecule has 0 saturated carbocycles. The smallest absolute Gasteiger partial charge is 0.337 e. The minimum Gasteiger partial charge on any atom is -0.486 e. The lowest BCUT2D eigenvalue weighted by atomic mass is 10.1. The van der Waals surface area contributed by atoms with Crippen LogP contribution >= 0.6 is 0 Å². The predicted octanol–water partition coefficient (Wildman–Crippen LogP) is 1.76. The van der Waals surface area contributed by atoms with Crippen LogP contribution in [-0.2, 0) is 30.2 Å². The average Bonchev–Trinajstić information content (AvgIpc) is 2.81. The number of anilines is 1. The number of esters is 3. The summed E-state index contributed by atoms with van der Waals surface area (Å²) in [6, 6.07) is 9.03. The van der Waals surface area contributed by atoms with Gasteiger partial charge < -0.3 is 29.0 Å². The molecule has 3 rings (SSSR count). The van der Waals surface area contributed by atoms with Crippen molar-refractivity contribution in [3.05, 3.63) is 53.1 Å². The SMILES string of the molecule is COC(=O)c1cc(NC(=O)COC(=O)Cc2ccc3c(c2)OCCO3)cc(C(=O)OC)c1. The van der Waals surface area contributed by atoms with E-state index >= 15 is 0 Å². The third-order valence-electron chi connectivity index (χ3n) is 4.38. The molecule has 0 atom stereocenters. The highest BCUT2D eigenvalue weighted by molar-refractivity contribution is 6.00. The Labute approximate surface area is 183 Å². The number of hydrogen-bond acceptors (Lipinski definition) is 9. The molecule has 0 aliphatic carbocycles. The van der Waals surface area contributed by atoms with Crippen LogP contribution in [0.15, 0.2) is 36.4 Å². The molecule has 10 heteroatoms. The summed E-state index contributed by atoms with van der Waals surface area (Å²) in [5, 5.41) is 2.47. The number of nitrogens with one attached hydrogen (secondary N) is 1. The van der Waals surface area contributed by atoms with Gasteiger partial charge in [-0.2, -0.15) is 0 Å². The summed E-state index contributed by atoms with van der Waals surface area (Å²) in [5.41, 5.74) is 0.872. The lowest BCUT2D eigenvalue weighted by Gasteiger charge is -2.18. The van der Waals surface area contributed by atoms with Crippen molar-refractivity contribution in [2.75, 3.05) is 39.4 Å². The molecule has 32 heavy (non-hydrogen) atoms. The van der Waals surface area contributed by atoms with E-state index in [1.54, 1.807) is 18.2 Å². The Balaban J connectivity index is 1.58. The van der Waals surface area contributed by atoms with Gasteiger partial charge in [0, 0.05) is 5.69 Å². The van der Waals surface area contributed by atoms with E-state index in [0.29, 0.717) is 30.3 Å². The molecule has 168 valence electrons. The number of carbonyl (C=O) groups excluding carboxylic acids is 4. The van der Waals surface area contributed by atoms with E-state index in [1.165, 1.54) is 32.4 Å². The molecule has 1 amide bonds. The molecule has 1 aliphatic rings. The van der Waals surface area contributed by atoms with Gasteiger partial charge in [-0.25, -0.2) is 9.59 Å². The molecule has 0 aromatic heterocycles. The molecular formula is C22H21NO9. The van der Waals surface area contributed by atoms with Crippen molar-refractivity contribution in [1.82, 2.24) is 0 Å². The topological polar surface area (TPSA) is 126 Å². The van der Waals surface area contributed by atoms with Crippen LogP contribution in [0.3, 0.4) is 0 Å². The van der Waals surface area contributed by atoms with E-state index in [2.05, 4.69) is 14.8 Å². The predicted molar refractivity (Wildman–Crippen MR) is 110 cm³/mol. The molecule has 0 unspecified atom stereocenters. The molecule has 0 bridgehead atoms. The Hall–Kier alpha value is -4.08. The minimum atomic E-state index is -0.697.